The lowest BCUT2D eigenvalue weighted by Crippen LogP contribution is -2.20. The van der Waals surface area contributed by atoms with Crippen molar-refractivity contribution in [2.45, 2.75) is 6.54 Å². The maximum Gasteiger partial charge on any atom is 0.262 e. The Kier molecular flexibility index (Phi) is 6.16. The standard InChI is InChI=1S/C20H19Cl2N3O2/c1-25(2)11-16-5-3-13-9-15(6-7-18(13)23-16)24-20(26)12-27-19-8-4-14(21)10-17(19)22/h3-10H,11-12H2,1-2H3,(H,24,26). The maximum atomic E-state index is 12.1. The minimum atomic E-state index is -0.280. The zero-order valence-corrected chi connectivity index (χ0v) is 16.5. The minimum Gasteiger partial charge on any atom is -0.482 e. The van der Waals surface area contributed by atoms with Crippen molar-refractivity contribution < 1.29 is 9.53 Å². The molecule has 0 aliphatic rings. The lowest BCUT2D eigenvalue weighted by Gasteiger charge is -2.11. The Morgan fingerprint density at radius 2 is 1.93 bits per heavy atom. The Morgan fingerprint density at radius 3 is 2.67 bits per heavy atom. The van der Waals surface area contributed by atoms with Crippen molar-refractivity contribution in [3.63, 3.8) is 0 Å². The summed E-state index contributed by atoms with van der Waals surface area (Å²) in [6, 6.07) is 14.4. The number of aromatic nitrogens is 1. The number of hydrogen-bond acceptors (Lipinski definition) is 4. The van der Waals surface area contributed by atoms with Gasteiger partial charge in [0.1, 0.15) is 5.75 Å². The van der Waals surface area contributed by atoms with Crippen LogP contribution in [0.3, 0.4) is 0 Å². The van der Waals surface area contributed by atoms with Gasteiger partial charge in [0.05, 0.1) is 16.2 Å². The molecule has 0 spiro atoms. The summed E-state index contributed by atoms with van der Waals surface area (Å²) in [6.45, 7) is 0.623. The average molecular weight is 404 g/mol. The smallest absolute Gasteiger partial charge is 0.262 e. The number of hydrogen-bond donors (Lipinski definition) is 1. The zero-order valence-electron chi connectivity index (χ0n) is 15.0. The van der Waals surface area contributed by atoms with E-state index in [1.807, 2.05) is 44.4 Å². The summed E-state index contributed by atoms with van der Waals surface area (Å²) in [7, 11) is 4.01. The summed E-state index contributed by atoms with van der Waals surface area (Å²) < 4.78 is 5.45. The van der Waals surface area contributed by atoms with E-state index in [1.54, 1.807) is 18.2 Å². The topological polar surface area (TPSA) is 54.5 Å². The molecule has 0 saturated carbocycles. The number of ether oxygens (including phenoxy) is 1. The molecule has 0 saturated heterocycles. The molecular formula is C20H19Cl2N3O2. The van der Waals surface area contributed by atoms with E-state index in [1.165, 1.54) is 0 Å². The molecular weight excluding hydrogens is 385 g/mol. The largest absolute Gasteiger partial charge is 0.482 e. The van der Waals surface area contributed by atoms with Gasteiger partial charge in [0, 0.05) is 22.6 Å². The van der Waals surface area contributed by atoms with Crippen LogP contribution >= 0.6 is 23.2 Å². The minimum absolute atomic E-state index is 0.153. The molecule has 1 heterocycles. The molecule has 0 aliphatic heterocycles. The van der Waals surface area contributed by atoms with Crippen LogP contribution < -0.4 is 10.1 Å². The highest BCUT2D eigenvalue weighted by Gasteiger charge is 2.08. The van der Waals surface area contributed by atoms with Crippen molar-refractivity contribution in [2.75, 3.05) is 26.0 Å². The molecule has 0 fully saturated rings. The number of anilines is 1. The highest BCUT2D eigenvalue weighted by atomic mass is 35.5. The molecule has 140 valence electrons. The van der Waals surface area contributed by atoms with Crippen LogP contribution in [-0.2, 0) is 11.3 Å². The van der Waals surface area contributed by atoms with Crippen LogP contribution in [0.25, 0.3) is 10.9 Å². The van der Waals surface area contributed by atoms with Gasteiger partial charge in [-0.1, -0.05) is 29.3 Å². The maximum absolute atomic E-state index is 12.1. The van der Waals surface area contributed by atoms with Gasteiger partial charge in [-0.25, -0.2) is 0 Å². The van der Waals surface area contributed by atoms with E-state index in [0.717, 1.165) is 23.1 Å². The highest BCUT2D eigenvalue weighted by molar-refractivity contribution is 6.35. The number of carbonyl (C=O) groups is 1. The summed E-state index contributed by atoms with van der Waals surface area (Å²) in [5.74, 6) is 0.130. The molecule has 1 amide bonds. The van der Waals surface area contributed by atoms with Gasteiger partial charge in [0.25, 0.3) is 5.91 Å². The Bertz CT molecular complexity index is 977. The number of rotatable bonds is 6. The third-order valence-electron chi connectivity index (χ3n) is 3.76. The van der Waals surface area contributed by atoms with Crippen molar-refractivity contribution in [1.29, 1.82) is 0 Å². The number of fused-ring (bicyclic) bond motifs is 1. The fourth-order valence-corrected chi connectivity index (χ4v) is 3.05. The molecule has 1 N–H and O–H groups in total. The summed E-state index contributed by atoms with van der Waals surface area (Å²) in [5.41, 5.74) is 2.56. The number of amides is 1. The van der Waals surface area contributed by atoms with Gasteiger partial charge in [-0.05, 0) is 56.6 Å². The Labute approximate surface area is 167 Å². The summed E-state index contributed by atoms with van der Waals surface area (Å²) in [6.07, 6.45) is 0. The van der Waals surface area contributed by atoms with Crippen LogP contribution in [0, 0.1) is 0 Å². The second-order valence-electron chi connectivity index (χ2n) is 6.36. The van der Waals surface area contributed by atoms with Gasteiger partial charge >= 0.3 is 0 Å². The van der Waals surface area contributed by atoms with Crippen molar-refractivity contribution in [3.8, 4) is 5.75 Å². The fourth-order valence-electron chi connectivity index (χ4n) is 2.59. The molecule has 2 aromatic carbocycles. The van der Waals surface area contributed by atoms with Gasteiger partial charge in [-0.15, -0.1) is 0 Å². The molecule has 27 heavy (non-hydrogen) atoms. The molecule has 7 heteroatoms. The summed E-state index contributed by atoms with van der Waals surface area (Å²) in [4.78, 5) is 18.8. The molecule has 0 radical (unpaired) electrons. The fraction of sp³-hybridized carbons (Fsp3) is 0.200. The van der Waals surface area contributed by atoms with E-state index in [-0.39, 0.29) is 12.5 Å². The number of benzene rings is 2. The van der Waals surface area contributed by atoms with Crippen molar-refractivity contribution in [1.82, 2.24) is 9.88 Å². The van der Waals surface area contributed by atoms with Gasteiger partial charge in [-0.3, -0.25) is 9.78 Å². The second-order valence-corrected chi connectivity index (χ2v) is 7.20. The van der Waals surface area contributed by atoms with Gasteiger partial charge < -0.3 is 15.0 Å². The van der Waals surface area contributed by atoms with E-state index >= 15 is 0 Å². The summed E-state index contributed by atoms with van der Waals surface area (Å²) in [5, 5.41) is 4.64. The Morgan fingerprint density at radius 1 is 1.11 bits per heavy atom. The third kappa shape index (κ3) is 5.32. The highest BCUT2D eigenvalue weighted by Crippen LogP contribution is 2.27. The van der Waals surface area contributed by atoms with Crippen LogP contribution in [0.1, 0.15) is 5.69 Å². The van der Waals surface area contributed by atoms with E-state index in [2.05, 4.69) is 15.2 Å². The molecule has 0 unspecified atom stereocenters. The van der Waals surface area contributed by atoms with Gasteiger partial charge in [0.2, 0.25) is 0 Å². The first-order chi connectivity index (χ1) is 12.9. The molecule has 3 aromatic rings. The lowest BCUT2D eigenvalue weighted by atomic mass is 10.1. The van der Waals surface area contributed by atoms with E-state index in [9.17, 15) is 4.79 Å². The quantitative estimate of drug-likeness (QED) is 0.652. The predicted octanol–water partition coefficient (Wildman–Crippen LogP) is 4.62. The van der Waals surface area contributed by atoms with Crippen molar-refractivity contribution in [3.05, 3.63) is 64.3 Å². The first-order valence-corrected chi connectivity index (χ1v) is 9.08. The number of pyridine rings is 1. The van der Waals surface area contributed by atoms with E-state index in [0.29, 0.717) is 21.5 Å². The number of nitrogens with zero attached hydrogens (tertiary/aromatic N) is 2. The van der Waals surface area contributed by atoms with Crippen LogP contribution in [0.15, 0.2) is 48.5 Å². The molecule has 0 aliphatic carbocycles. The van der Waals surface area contributed by atoms with Crippen LogP contribution in [-0.4, -0.2) is 36.5 Å². The molecule has 0 atom stereocenters. The number of halogens is 2. The third-order valence-corrected chi connectivity index (χ3v) is 4.29. The van der Waals surface area contributed by atoms with Crippen molar-refractivity contribution in [2.24, 2.45) is 0 Å². The van der Waals surface area contributed by atoms with Gasteiger partial charge in [0.15, 0.2) is 6.61 Å². The van der Waals surface area contributed by atoms with Crippen LogP contribution in [0.5, 0.6) is 5.75 Å². The molecule has 3 rings (SSSR count). The molecule has 0 bridgehead atoms. The lowest BCUT2D eigenvalue weighted by molar-refractivity contribution is -0.118. The molecule has 1 aromatic heterocycles. The van der Waals surface area contributed by atoms with Crippen LogP contribution in [0.2, 0.25) is 10.0 Å². The first-order valence-electron chi connectivity index (χ1n) is 8.33. The number of nitrogens with one attached hydrogen (secondary N) is 1. The Hall–Kier alpha value is -2.34. The van der Waals surface area contributed by atoms with Gasteiger partial charge in [-0.2, -0.15) is 0 Å². The van der Waals surface area contributed by atoms with Crippen molar-refractivity contribution >= 4 is 45.7 Å². The first kappa shape index (κ1) is 19.4. The number of carbonyl (C=O) groups excluding carboxylic acids is 1. The summed E-state index contributed by atoms with van der Waals surface area (Å²) >= 11 is 11.9. The predicted molar refractivity (Wildman–Crippen MR) is 110 cm³/mol. The molecule has 5 nitrogen and oxygen atoms in total. The van der Waals surface area contributed by atoms with E-state index in [4.69, 9.17) is 27.9 Å². The zero-order chi connectivity index (χ0) is 19.4. The van der Waals surface area contributed by atoms with E-state index < -0.39 is 0 Å². The monoisotopic (exact) mass is 403 g/mol. The van der Waals surface area contributed by atoms with Crippen LogP contribution in [0.4, 0.5) is 5.69 Å². The average Bonchev–Trinajstić information content (AvgIpc) is 2.60. The normalized spacial score (nSPS) is 11.0. The SMILES string of the molecule is CN(C)Cc1ccc2cc(NC(=O)COc3ccc(Cl)cc3Cl)ccc2n1. The second kappa shape index (κ2) is 8.57. The Balaban J connectivity index is 1.64.